The maximum atomic E-state index is 12.4. The molecule has 136 valence electrons. The summed E-state index contributed by atoms with van der Waals surface area (Å²) in [5.41, 5.74) is 2.68. The SMILES string of the molecule is CC(=O)C1=NN(c2ccccc2)[C@@H](C#Cc2ccccc2)N1c1ccccc1. The van der Waals surface area contributed by atoms with E-state index in [1.807, 2.05) is 95.9 Å². The Morgan fingerprint density at radius 2 is 1.36 bits per heavy atom. The fourth-order valence-corrected chi connectivity index (χ4v) is 3.10. The van der Waals surface area contributed by atoms with Crippen LogP contribution in [0.5, 0.6) is 0 Å². The van der Waals surface area contributed by atoms with Gasteiger partial charge in [0.2, 0.25) is 0 Å². The molecule has 4 heteroatoms. The predicted octanol–water partition coefficient (Wildman–Crippen LogP) is 4.29. The zero-order chi connectivity index (χ0) is 19.3. The molecule has 0 saturated carbocycles. The van der Waals surface area contributed by atoms with Crippen LogP contribution in [0.4, 0.5) is 11.4 Å². The monoisotopic (exact) mass is 365 g/mol. The van der Waals surface area contributed by atoms with Crippen LogP contribution in [0.1, 0.15) is 12.5 Å². The van der Waals surface area contributed by atoms with Gasteiger partial charge in [-0.2, -0.15) is 0 Å². The summed E-state index contributed by atoms with van der Waals surface area (Å²) >= 11 is 0. The number of ketones is 1. The molecule has 1 aliphatic heterocycles. The second-order valence-electron chi connectivity index (χ2n) is 6.37. The highest BCUT2D eigenvalue weighted by Crippen LogP contribution is 2.29. The number of rotatable bonds is 3. The number of hydrogen-bond donors (Lipinski definition) is 0. The number of anilines is 2. The van der Waals surface area contributed by atoms with Gasteiger partial charge < -0.3 is 0 Å². The third-order valence-corrected chi connectivity index (χ3v) is 4.40. The van der Waals surface area contributed by atoms with Gasteiger partial charge in [-0.25, -0.2) is 5.01 Å². The van der Waals surface area contributed by atoms with E-state index >= 15 is 0 Å². The number of carbonyl (C=O) groups is 1. The summed E-state index contributed by atoms with van der Waals surface area (Å²) in [6.45, 7) is 1.53. The predicted molar refractivity (Wildman–Crippen MR) is 113 cm³/mol. The molecule has 4 nitrogen and oxygen atoms in total. The van der Waals surface area contributed by atoms with Crippen LogP contribution < -0.4 is 9.91 Å². The molecule has 0 radical (unpaired) electrons. The highest BCUT2D eigenvalue weighted by Gasteiger charge is 2.37. The lowest BCUT2D eigenvalue weighted by atomic mass is 10.2. The Labute approximate surface area is 164 Å². The topological polar surface area (TPSA) is 35.9 Å². The molecule has 0 spiro atoms. The van der Waals surface area contributed by atoms with Crippen molar-refractivity contribution in [3.8, 4) is 11.8 Å². The van der Waals surface area contributed by atoms with E-state index in [1.54, 1.807) is 5.01 Å². The molecular weight excluding hydrogens is 346 g/mol. The van der Waals surface area contributed by atoms with Crippen molar-refractivity contribution in [1.29, 1.82) is 0 Å². The van der Waals surface area contributed by atoms with Crippen LogP contribution in [0.15, 0.2) is 96.1 Å². The zero-order valence-corrected chi connectivity index (χ0v) is 15.5. The van der Waals surface area contributed by atoms with Gasteiger partial charge >= 0.3 is 0 Å². The van der Waals surface area contributed by atoms with E-state index in [-0.39, 0.29) is 5.78 Å². The average molecular weight is 365 g/mol. The van der Waals surface area contributed by atoms with Crippen molar-refractivity contribution in [1.82, 2.24) is 0 Å². The second kappa shape index (κ2) is 7.81. The molecule has 28 heavy (non-hydrogen) atoms. The van der Waals surface area contributed by atoms with Crippen LogP contribution in [0, 0.1) is 11.8 Å². The van der Waals surface area contributed by atoms with E-state index in [0.717, 1.165) is 16.9 Å². The second-order valence-corrected chi connectivity index (χ2v) is 6.37. The van der Waals surface area contributed by atoms with Crippen molar-refractivity contribution in [2.45, 2.75) is 13.1 Å². The van der Waals surface area contributed by atoms with Gasteiger partial charge in [0.25, 0.3) is 0 Å². The maximum absolute atomic E-state index is 12.4. The van der Waals surface area contributed by atoms with E-state index in [0.29, 0.717) is 5.84 Å². The van der Waals surface area contributed by atoms with Gasteiger partial charge in [-0.05, 0) is 42.3 Å². The maximum Gasteiger partial charge on any atom is 0.199 e. The Kier molecular flexibility index (Phi) is 4.90. The van der Waals surface area contributed by atoms with Crippen LogP contribution in [-0.2, 0) is 4.79 Å². The van der Waals surface area contributed by atoms with Crippen LogP contribution in [0.3, 0.4) is 0 Å². The first-order chi connectivity index (χ1) is 13.7. The van der Waals surface area contributed by atoms with Gasteiger partial charge in [0.05, 0.1) is 5.69 Å². The lowest BCUT2D eigenvalue weighted by Crippen LogP contribution is -2.43. The summed E-state index contributed by atoms with van der Waals surface area (Å²) in [5, 5.41) is 6.44. The first-order valence-electron chi connectivity index (χ1n) is 9.09. The van der Waals surface area contributed by atoms with Crippen molar-refractivity contribution in [2.24, 2.45) is 5.10 Å². The Morgan fingerprint density at radius 3 is 1.93 bits per heavy atom. The fourth-order valence-electron chi connectivity index (χ4n) is 3.10. The fraction of sp³-hybridized carbons (Fsp3) is 0.0833. The average Bonchev–Trinajstić information content (AvgIpc) is 3.14. The number of amidine groups is 1. The summed E-state index contributed by atoms with van der Waals surface area (Å²) in [6.07, 6.45) is -0.427. The Bertz CT molecular complexity index is 1050. The largest absolute Gasteiger partial charge is 0.291 e. The summed E-state index contributed by atoms with van der Waals surface area (Å²) in [7, 11) is 0. The van der Waals surface area contributed by atoms with Gasteiger partial charge in [0.15, 0.2) is 17.8 Å². The molecule has 0 aromatic heterocycles. The van der Waals surface area contributed by atoms with Gasteiger partial charge in [-0.3, -0.25) is 9.69 Å². The standard InChI is InChI=1S/C24H19N3O/c1-19(28)24-25-27(22-15-9-4-10-16-22)23(18-17-20-11-5-2-6-12-20)26(24)21-13-7-3-8-14-21/h2-16,23H,1H3/t23-/m0/s1. The smallest absolute Gasteiger partial charge is 0.199 e. The van der Waals surface area contributed by atoms with Gasteiger partial charge in [0.1, 0.15) is 0 Å². The van der Waals surface area contributed by atoms with Crippen molar-refractivity contribution >= 4 is 23.0 Å². The van der Waals surface area contributed by atoms with E-state index in [1.165, 1.54) is 6.92 Å². The van der Waals surface area contributed by atoms with Crippen molar-refractivity contribution in [3.05, 3.63) is 96.6 Å². The molecule has 0 unspecified atom stereocenters. The van der Waals surface area contributed by atoms with E-state index < -0.39 is 6.17 Å². The molecule has 3 aromatic carbocycles. The molecule has 3 aromatic rings. The van der Waals surface area contributed by atoms with E-state index in [4.69, 9.17) is 0 Å². The molecule has 0 bridgehead atoms. The normalized spacial score (nSPS) is 15.6. The van der Waals surface area contributed by atoms with E-state index in [9.17, 15) is 4.79 Å². The number of para-hydroxylation sites is 2. The molecule has 4 rings (SSSR count). The van der Waals surface area contributed by atoms with Gasteiger partial charge in [0, 0.05) is 18.2 Å². The molecule has 0 fully saturated rings. The molecule has 1 atom stereocenters. The Hall–Kier alpha value is -3.84. The van der Waals surface area contributed by atoms with Crippen molar-refractivity contribution < 1.29 is 4.79 Å². The van der Waals surface area contributed by atoms with Gasteiger partial charge in [-0.1, -0.05) is 60.5 Å². The number of carbonyl (C=O) groups excluding carboxylic acids is 1. The molecule has 1 aliphatic rings. The highest BCUT2D eigenvalue weighted by atomic mass is 16.1. The van der Waals surface area contributed by atoms with Crippen molar-refractivity contribution in [2.75, 3.05) is 9.91 Å². The first kappa shape index (κ1) is 17.6. The lowest BCUT2D eigenvalue weighted by Gasteiger charge is -2.27. The van der Waals surface area contributed by atoms with Crippen LogP contribution >= 0.6 is 0 Å². The van der Waals surface area contributed by atoms with Crippen LogP contribution in [-0.4, -0.2) is 17.8 Å². The Morgan fingerprint density at radius 1 is 0.821 bits per heavy atom. The number of Topliss-reactive ketones (excluding diaryl/α,β-unsaturated/α-hetero) is 1. The number of benzene rings is 3. The zero-order valence-electron chi connectivity index (χ0n) is 15.5. The Balaban J connectivity index is 1.83. The van der Waals surface area contributed by atoms with E-state index in [2.05, 4.69) is 16.9 Å². The number of nitrogens with zero attached hydrogens (tertiary/aromatic N) is 3. The molecule has 0 N–H and O–H groups in total. The highest BCUT2D eigenvalue weighted by molar-refractivity contribution is 6.44. The van der Waals surface area contributed by atoms with Crippen LogP contribution in [0.25, 0.3) is 0 Å². The molecule has 0 aliphatic carbocycles. The minimum atomic E-state index is -0.427. The quantitative estimate of drug-likeness (QED) is 0.650. The summed E-state index contributed by atoms with van der Waals surface area (Å²) < 4.78 is 0. The minimum Gasteiger partial charge on any atom is -0.291 e. The van der Waals surface area contributed by atoms with Crippen LogP contribution in [0.2, 0.25) is 0 Å². The summed E-state index contributed by atoms with van der Waals surface area (Å²) in [4.78, 5) is 14.3. The minimum absolute atomic E-state index is 0.103. The lowest BCUT2D eigenvalue weighted by molar-refractivity contribution is -0.111. The number of hydrogen-bond acceptors (Lipinski definition) is 4. The molecule has 0 amide bonds. The third kappa shape index (κ3) is 3.51. The van der Waals surface area contributed by atoms with Gasteiger partial charge in [-0.15, -0.1) is 5.10 Å². The summed E-state index contributed by atoms with van der Waals surface area (Å²) in [5.74, 6) is 6.82. The first-order valence-corrected chi connectivity index (χ1v) is 9.09. The third-order valence-electron chi connectivity index (χ3n) is 4.40. The van der Waals surface area contributed by atoms with Crippen molar-refractivity contribution in [3.63, 3.8) is 0 Å². The molecular formula is C24H19N3O. The summed E-state index contributed by atoms with van der Waals surface area (Å²) in [6, 6.07) is 29.4. The molecule has 1 heterocycles. The number of hydrazone groups is 1. The molecule has 0 saturated heterocycles.